The molecule has 1 aliphatic carbocycles. The average Bonchev–Trinajstić information content (AvgIpc) is 2.88. The third-order valence-corrected chi connectivity index (χ3v) is 6.93. The quantitative estimate of drug-likeness (QED) is 0.253. The molecule has 9 heteroatoms. The molecule has 0 saturated heterocycles. The molecule has 6 nitrogen and oxygen atoms in total. The van der Waals surface area contributed by atoms with Gasteiger partial charge in [0.2, 0.25) is 0 Å². The minimum Gasteiger partial charge on any atom is -0.449 e. The van der Waals surface area contributed by atoms with Crippen molar-refractivity contribution in [2.75, 3.05) is 11.4 Å². The van der Waals surface area contributed by atoms with Crippen LogP contribution in [0, 0.1) is 18.8 Å². The predicted molar refractivity (Wildman–Crippen MR) is 135 cm³/mol. The molecule has 0 spiro atoms. The molecule has 0 bridgehead atoms. The van der Waals surface area contributed by atoms with Crippen LogP contribution in [-0.4, -0.2) is 27.0 Å². The van der Waals surface area contributed by atoms with E-state index in [4.69, 9.17) is 21.3 Å². The molecular formula is C27H29ClF2N4O2. The van der Waals surface area contributed by atoms with Crippen molar-refractivity contribution in [2.45, 2.75) is 51.9 Å². The second-order valence-electron chi connectivity index (χ2n) is 9.26. The standard InChI is InChI=1S/C27H29ClF2N4O2/c1-16-11-23(33-25(12-16)34-24-13-20(26(29)30)9-10-31-24)21-7-8-22(32-14-21)17(2)18-3-5-19(6-4-18)27(35)36-15-28/h7-14,17-19,26H,3-6,15H2,1-2H3,(H,31,33,34). The number of alkyl halides is 3. The van der Waals surface area contributed by atoms with E-state index >= 15 is 0 Å². The highest BCUT2D eigenvalue weighted by Gasteiger charge is 2.30. The maximum Gasteiger partial charge on any atom is 0.310 e. The Bertz CT molecular complexity index is 1180. The maximum atomic E-state index is 13.0. The highest BCUT2D eigenvalue weighted by molar-refractivity contribution is 6.17. The molecule has 1 N–H and O–H groups in total. The third kappa shape index (κ3) is 6.35. The van der Waals surface area contributed by atoms with Crippen molar-refractivity contribution in [2.24, 2.45) is 11.8 Å². The van der Waals surface area contributed by atoms with Gasteiger partial charge in [0.15, 0.2) is 6.07 Å². The lowest BCUT2D eigenvalue weighted by Gasteiger charge is -2.31. The number of rotatable bonds is 8. The van der Waals surface area contributed by atoms with Gasteiger partial charge in [-0.25, -0.2) is 18.7 Å². The highest BCUT2D eigenvalue weighted by Crippen LogP contribution is 2.38. The average molecular weight is 515 g/mol. The Hall–Kier alpha value is -3.13. The summed E-state index contributed by atoms with van der Waals surface area (Å²) in [7, 11) is 0. The molecule has 0 radical (unpaired) electrons. The van der Waals surface area contributed by atoms with E-state index in [1.165, 1.54) is 18.3 Å². The summed E-state index contributed by atoms with van der Waals surface area (Å²) in [6.45, 7) is 4.13. The lowest BCUT2D eigenvalue weighted by atomic mass is 9.75. The molecule has 1 aliphatic rings. The highest BCUT2D eigenvalue weighted by atomic mass is 35.5. The number of carbonyl (C=O) groups is 1. The van der Waals surface area contributed by atoms with Gasteiger partial charge in [-0.05, 0) is 80.5 Å². The van der Waals surface area contributed by atoms with E-state index < -0.39 is 6.43 Å². The molecule has 0 amide bonds. The van der Waals surface area contributed by atoms with Gasteiger partial charge >= 0.3 is 5.97 Å². The molecule has 3 heterocycles. The van der Waals surface area contributed by atoms with Crippen LogP contribution in [-0.2, 0) is 9.53 Å². The smallest absolute Gasteiger partial charge is 0.310 e. The van der Waals surface area contributed by atoms with Crippen LogP contribution in [0.5, 0.6) is 0 Å². The van der Waals surface area contributed by atoms with Gasteiger partial charge in [0.1, 0.15) is 11.6 Å². The topological polar surface area (TPSA) is 77.0 Å². The fourth-order valence-electron chi connectivity index (χ4n) is 4.76. The van der Waals surface area contributed by atoms with Gasteiger partial charge in [-0.1, -0.05) is 18.5 Å². The molecular weight excluding hydrogens is 486 g/mol. The van der Waals surface area contributed by atoms with Gasteiger partial charge in [0.05, 0.1) is 11.6 Å². The first-order valence-corrected chi connectivity index (χ1v) is 12.6. The lowest BCUT2D eigenvalue weighted by molar-refractivity contribution is -0.147. The second-order valence-corrected chi connectivity index (χ2v) is 9.48. The van der Waals surface area contributed by atoms with Gasteiger partial charge in [0.25, 0.3) is 6.43 Å². The Kier molecular flexibility index (Phi) is 8.46. The summed E-state index contributed by atoms with van der Waals surface area (Å²) in [5.74, 6) is 1.28. The number of aryl methyl sites for hydroxylation is 1. The van der Waals surface area contributed by atoms with Gasteiger partial charge in [-0.2, -0.15) is 0 Å². The van der Waals surface area contributed by atoms with E-state index in [9.17, 15) is 13.6 Å². The number of anilines is 2. The van der Waals surface area contributed by atoms with Gasteiger partial charge in [-0.15, -0.1) is 0 Å². The molecule has 36 heavy (non-hydrogen) atoms. The first-order valence-electron chi connectivity index (χ1n) is 12.0. The molecule has 1 atom stereocenters. The maximum absolute atomic E-state index is 13.0. The van der Waals surface area contributed by atoms with E-state index in [-0.39, 0.29) is 29.4 Å². The molecule has 3 aromatic heterocycles. The molecule has 3 aromatic rings. The number of halogens is 3. The largest absolute Gasteiger partial charge is 0.449 e. The number of nitrogens with zero attached hydrogens (tertiary/aromatic N) is 3. The second kappa shape index (κ2) is 11.7. The zero-order valence-corrected chi connectivity index (χ0v) is 21.0. The Balaban J connectivity index is 1.44. The van der Waals surface area contributed by atoms with Crippen LogP contribution in [0.1, 0.15) is 61.8 Å². The molecule has 190 valence electrons. The minimum absolute atomic E-state index is 0.0641. The van der Waals surface area contributed by atoms with E-state index in [0.29, 0.717) is 17.6 Å². The Morgan fingerprint density at radius 3 is 2.56 bits per heavy atom. The van der Waals surface area contributed by atoms with Crippen LogP contribution in [0.3, 0.4) is 0 Å². The lowest BCUT2D eigenvalue weighted by Crippen LogP contribution is -2.25. The minimum atomic E-state index is -2.57. The van der Waals surface area contributed by atoms with Gasteiger partial charge < -0.3 is 10.1 Å². The summed E-state index contributed by atoms with van der Waals surface area (Å²) in [5, 5.41) is 3.03. The van der Waals surface area contributed by atoms with Crippen LogP contribution in [0.25, 0.3) is 11.3 Å². The normalized spacial score (nSPS) is 18.6. The Morgan fingerprint density at radius 2 is 1.89 bits per heavy atom. The Labute approximate surface area is 214 Å². The first kappa shape index (κ1) is 25.9. The predicted octanol–water partition coefficient (Wildman–Crippen LogP) is 7.18. The number of aromatic nitrogens is 3. The summed E-state index contributed by atoms with van der Waals surface area (Å²) >= 11 is 5.51. The summed E-state index contributed by atoms with van der Waals surface area (Å²) in [6, 6.07) is 10.3. The van der Waals surface area contributed by atoms with Gasteiger partial charge in [0, 0.05) is 35.1 Å². The van der Waals surface area contributed by atoms with Crippen molar-refractivity contribution in [1.82, 2.24) is 15.0 Å². The third-order valence-electron chi connectivity index (χ3n) is 6.82. The number of hydrogen-bond donors (Lipinski definition) is 1. The van der Waals surface area contributed by atoms with E-state index in [1.807, 2.05) is 37.4 Å². The van der Waals surface area contributed by atoms with E-state index in [2.05, 4.69) is 22.2 Å². The molecule has 1 unspecified atom stereocenters. The van der Waals surface area contributed by atoms with Crippen molar-refractivity contribution < 1.29 is 18.3 Å². The number of carbonyl (C=O) groups excluding carboxylic acids is 1. The molecule has 4 rings (SSSR count). The van der Waals surface area contributed by atoms with Crippen molar-refractivity contribution in [3.8, 4) is 11.3 Å². The number of hydrogen-bond acceptors (Lipinski definition) is 6. The van der Waals surface area contributed by atoms with Crippen LogP contribution >= 0.6 is 11.6 Å². The first-order chi connectivity index (χ1) is 17.3. The van der Waals surface area contributed by atoms with Crippen molar-refractivity contribution in [1.29, 1.82) is 0 Å². The monoisotopic (exact) mass is 514 g/mol. The summed E-state index contributed by atoms with van der Waals surface area (Å²) in [4.78, 5) is 25.4. The van der Waals surface area contributed by atoms with E-state index in [0.717, 1.165) is 48.2 Å². The van der Waals surface area contributed by atoms with Gasteiger partial charge in [-0.3, -0.25) is 9.78 Å². The molecule has 1 fully saturated rings. The summed E-state index contributed by atoms with van der Waals surface area (Å²) in [6.07, 6.45) is 4.11. The van der Waals surface area contributed by atoms with E-state index in [1.54, 1.807) is 0 Å². The van der Waals surface area contributed by atoms with Crippen LogP contribution < -0.4 is 5.32 Å². The number of esters is 1. The molecule has 0 aliphatic heterocycles. The fraction of sp³-hybridized carbons (Fsp3) is 0.407. The Morgan fingerprint density at radius 1 is 1.11 bits per heavy atom. The van der Waals surface area contributed by atoms with Crippen LogP contribution in [0.15, 0.2) is 48.8 Å². The van der Waals surface area contributed by atoms with Crippen LogP contribution in [0.4, 0.5) is 20.4 Å². The van der Waals surface area contributed by atoms with Crippen molar-refractivity contribution in [3.05, 3.63) is 65.6 Å². The number of pyridine rings is 3. The SMILES string of the molecule is Cc1cc(Nc2cc(C(F)F)ccn2)nc(-c2ccc(C(C)C3CCC(C(=O)OCCl)CC3)nc2)c1. The number of ether oxygens (including phenoxy) is 1. The summed E-state index contributed by atoms with van der Waals surface area (Å²) in [5.41, 5.74) is 3.46. The number of nitrogens with one attached hydrogen (secondary N) is 1. The van der Waals surface area contributed by atoms with Crippen LogP contribution in [0.2, 0.25) is 0 Å². The fourth-order valence-corrected chi connectivity index (χ4v) is 4.86. The van der Waals surface area contributed by atoms with Crippen molar-refractivity contribution >= 4 is 29.2 Å². The zero-order chi connectivity index (χ0) is 25.7. The zero-order valence-electron chi connectivity index (χ0n) is 20.3. The molecule has 0 aromatic carbocycles. The summed E-state index contributed by atoms with van der Waals surface area (Å²) < 4.78 is 31.0. The molecule has 1 saturated carbocycles. The van der Waals surface area contributed by atoms with Crippen molar-refractivity contribution in [3.63, 3.8) is 0 Å².